The highest BCUT2D eigenvalue weighted by Gasteiger charge is 2.06. The van der Waals surface area contributed by atoms with Crippen molar-refractivity contribution in [2.45, 2.75) is 39.8 Å². The number of fused-ring (bicyclic) bond motifs is 1. The van der Waals surface area contributed by atoms with Gasteiger partial charge in [0.25, 0.3) is 0 Å². The molecule has 0 amide bonds. The summed E-state index contributed by atoms with van der Waals surface area (Å²) in [5.74, 6) is 0. The lowest BCUT2D eigenvalue weighted by Gasteiger charge is -2.06. The summed E-state index contributed by atoms with van der Waals surface area (Å²) in [4.78, 5) is 0. The van der Waals surface area contributed by atoms with E-state index < -0.39 is 0 Å². The minimum absolute atomic E-state index is 0.499. The molecule has 0 fully saturated rings. The first-order valence-electron chi connectivity index (χ1n) is 5.93. The van der Waals surface area contributed by atoms with Gasteiger partial charge in [0, 0.05) is 23.5 Å². The smallest absolute Gasteiger partial charge is 0.134 e. The van der Waals surface area contributed by atoms with Gasteiger partial charge in [-0.05, 0) is 24.1 Å². The third kappa shape index (κ3) is 2.27. The van der Waals surface area contributed by atoms with Crippen molar-refractivity contribution in [1.29, 1.82) is 0 Å². The molecule has 86 valence electrons. The number of nitrogens with one attached hydrogen (secondary N) is 1. The van der Waals surface area contributed by atoms with E-state index in [0.29, 0.717) is 6.04 Å². The van der Waals surface area contributed by atoms with Crippen LogP contribution in [0.15, 0.2) is 28.9 Å². The predicted octanol–water partition coefficient (Wildman–Crippen LogP) is 3.49. The summed E-state index contributed by atoms with van der Waals surface area (Å²) < 4.78 is 5.54. The molecule has 0 radical (unpaired) electrons. The highest BCUT2D eigenvalue weighted by Crippen LogP contribution is 2.22. The fraction of sp³-hybridized carbons (Fsp3) is 0.429. The van der Waals surface area contributed by atoms with Gasteiger partial charge in [-0.15, -0.1) is 0 Å². The largest absolute Gasteiger partial charge is 0.464 e. The quantitative estimate of drug-likeness (QED) is 0.848. The summed E-state index contributed by atoms with van der Waals surface area (Å²) in [6.07, 6.45) is 2.93. The second-order valence-corrected chi connectivity index (χ2v) is 4.48. The minimum atomic E-state index is 0.499. The molecule has 0 saturated heterocycles. The second kappa shape index (κ2) is 4.71. The van der Waals surface area contributed by atoms with Crippen molar-refractivity contribution in [3.8, 4) is 0 Å². The summed E-state index contributed by atoms with van der Waals surface area (Å²) in [6.45, 7) is 7.35. The first-order chi connectivity index (χ1) is 7.70. The van der Waals surface area contributed by atoms with Crippen LogP contribution in [0.1, 0.15) is 31.9 Å². The number of rotatable bonds is 4. The van der Waals surface area contributed by atoms with E-state index in [1.165, 1.54) is 16.5 Å². The van der Waals surface area contributed by atoms with E-state index >= 15 is 0 Å². The van der Waals surface area contributed by atoms with Gasteiger partial charge in [0.1, 0.15) is 5.58 Å². The Kier molecular flexibility index (Phi) is 3.30. The minimum Gasteiger partial charge on any atom is -0.464 e. The monoisotopic (exact) mass is 217 g/mol. The number of hydrogen-bond donors (Lipinski definition) is 1. The molecule has 0 unspecified atom stereocenters. The maximum atomic E-state index is 5.54. The van der Waals surface area contributed by atoms with E-state index in [9.17, 15) is 0 Å². The molecule has 0 aliphatic rings. The fourth-order valence-corrected chi connectivity index (χ4v) is 1.80. The zero-order valence-electron chi connectivity index (χ0n) is 10.2. The van der Waals surface area contributed by atoms with Gasteiger partial charge >= 0.3 is 0 Å². The van der Waals surface area contributed by atoms with Crippen LogP contribution < -0.4 is 5.32 Å². The zero-order valence-corrected chi connectivity index (χ0v) is 10.2. The normalized spacial score (nSPS) is 11.5. The van der Waals surface area contributed by atoms with Crippen molar-refractivity contribution >= 4 is 11.0 Å². The van der Waals surface area contributed by atoms with Crippen LogP contribution in [0.2, 0.25) is 0 Å². The average Bonchev–Trinajstić information content (AvgIpc) is 2.68. The van der Waals surface area contributed by atoms with E-state index in [1.54, 1.807) is 0 Å². The fourth-order valence-electron chi connectivity index (χ4n) is 1.80. The highest BCUT2D eigenvalue weighted by atomic mass is 16.3. The van der Waals surface area contributed by atoms with Gasteiger partial charge in [-0.1, -0.05) is 26.8 Å². The van der Waals surface area contributed by atoms with E-state index in [-0.39, 0.29) is 0 Å². The molecule has 2 aromatic rings. The Morgan fingerprint density at radius 3 is 2.81 bits per heavy atom. The Labute approximate surface area is 96.6 Å². The van der Waals surface area contributed by atoms with Crippen molar-refractivity contribution < 1.29 is 4.42 Å². The van der Waals surface area contributed by atoms with Crippen LogP contribution in [0.5, 0.6) is 0 Å². The predicted molar refractivity (Wildman–Crippen MR) is 67.6 cm³/mol. The SMILES string of the molecule is CCc1ccc2occ(CNC(C)C)c2c1. The molecule has 0 spiro atoms. The summed E-state index contributed by atoms with van der Waals surface area (Å²) in [5.41, 5.74) is 3.59. The van der Waals surface area contributed by atoms with Gasteiger partial charge in [-0.25, -0.2) is 0 Å². The molecule has 0 aliphatic heterocycles. The molecule has 0 saturated carbocycles. The van der Waals surface area contributed by atoms with Crippen molar-refractivity contribution in [2.24, 2.45) is 0 Å². The maximum absolute atomic E-state index is 5.54. The van der Waals surface area contributed by atoms with Crippen LogP contribution >= 0.6 is 0 Å². The Hall–Kier alpha value is -1.28. The van der Waals surface area contributed by atoms with Crippen molar-refractivity contribution in [3.63, 3.8) is 0 Å². The van der Waals surface area contributed by atoms with Gasteiger partial charge in [0.2, 0.25) is 0 Å². The molecule has 16 heavy (non-hydrogen) atoms. The molecule has 1 aromatic carbocycles. The zero-order chi connectivity index (χ0) is 11.5. The van der Waals surface area contributed by atoms with Gasteiger partial charge in [0.15, 0.2) is 0 Å². The van der Waals surface area contributed by atoms with Gasteiger partial charge in [0.05, 0.1) is 6.26 Å². The van der Waals surface area contributed by atoms with E-state index in [4.69, 9.17) is 4.42 Å². The van der Waals surface area contributed by atoms with Crippen LogP contribution in [0.4, 0.5) is 0 Å². The van der Waals surface area contributed by atoms with Gasteiger partial charge in [-0.3, -0.25) is 0 Å². The first-order valence-corrected chi connectivity index (χ1v) is 5.93. The summed E-state index contributed by atoms with van der Waals surface area (Å²) >= 11 is 0. The summed E-state index contributed by atoms with van der Waals surface area (Å²) in [6, 6.07) is 6.92. The third-order valence-electron chi connectivity index (χ3n) is 2.83. The van der Waals surface area contributed by atoms with Crippen LogP contribution in [0.25, 0.3) is 11.0 Å². The van der Waals surface area contributed by atoms with E-state index in [1.807, 2.05) is 6.26 Å². The average molecular weight is 217 g/mol. The topological polar surface area (TPSA) is 25.2 Å². The number of aryl methyl sites for hydroxylation is 1. The number of benzene rings is 1. The summed E-state index contributed by atoms with van der Waals surface area (Å²) in [7, 11) is 0. The maximum Gasteiger partial charge on any atom is 0.134 e. The molecule has 2 nitrogen and oxygen atoms in total. The standard InChI is InChI=1S/C14H19NO/c1-4-11-5-6-14-13(7-11)12(9-16-14)8-15-10(2)3/h5-7,9-10,15H,4,8H2,1-3H3. The molecule has 1 N–H and O–H groups in total. The Morgan fingerprint density at radius 2 is 2.12 bits per heavy atom. The van der Waals surface area contributed by atoms with Crippen LogP contribution in [-0.4, -0.2) is 6.04 Å². The van der Waals surface area contributed by atoms with Crippen molar-refractivity contribution in [1.82, 2.24) is 5.32 Å². The lowest BCUT2D eigenvalue weighted by Crippen LogP contribution is -2.21. The van der Waals surface area contributed by atoms with Crippen LogP contribution in [-0.2, 0) is 13.0 Å². The van der Waals surface area contributed by atoms with Crippen molar-refractivity contribution in [2.75, 3.05) is 0 Å². The molecule has 0 aliphatic carbocycles. The molecule has 2 rings (SSSR count). The molecule has 1 heterocycles. The first kappa shape index (κ1) is 11.2. The molecule has 1 aromatic heterocycles. The van der Waals surface area contributed by atoms with E-state index in [0.717, 1.165) is 18.5 Å². The Balaban J connectivity index is 2.30. The lowest BCUT2D eigenvalue weighted by atomic mass is 10.1. The highest BCUT2D eigenvalue weighted by molar-refractivity contribution is 5.81. The third-order valence-corrected chi connectivity index (χ3v) is 2.83. The van der Waals surface area contributed by atoms with Gasteiger partial charge in [-0.2, -0.15) is 0 Å². The lowest BCUT2D eigenvalue weighted by molar-refractivity contribution is 0.572. The van der Waals surface area contributed by atoms with Crippen molar-refractivity contribution in [3.05, 3.63) is 35.6 Å². The Morgan fingerprint density at radius 1 is 1.31 bits per heavy atom. The number of hydrogen-bond acceptors (Lipinski definition) is 2. The number of furan rings is 1. The van der Waals surface area contributed by atoms with Crippen LogP contribution in [0.3, 0.4) is 0 Å². The van der Waals surface area contributed by atoms with E-state index in [2.05, 4.69) is 44.3 Å². The Bertz CT molecular complexity index is 471. The summed E-state index contributed by atoms with van der Waals surface area (Å²) in [5, 5.41) is 4.66. The molecule has 2 heteroatoms. The molecule has 0 bridgehead atoms. The van der Waals surface area contributed by atoms with Gasteiger partial charge < -0.3 is 9.73 Å². The second-order valence-electron chi connectivity index (χ2n) is 4.48. The molecule has 0 atom stereocenters. The van der Waals surface area contributed by atoms with Crippen LogP contribution in [0, 0.1) is 0 Å². The molecular formula is C14H19NO. The molecular weight excluding hydrogens is 198 g/mol.